The quantitative estimate of drug-likeness (QED) is 0.154. The number of ketones is 1. The fraction of sp³-hybridized carbons (Fsp3) is 0.451. The number of hydrogen-bond acceptors (Lipinski definition) is 5. The topological polar surface area (TPSA) is 121 Å². The third-order valence-corrected chi connectivity index (χ3v) is 12.7. The van der Waals surface area contributed by atoms with Crippen LogP contribution >= 0.6 is 0 Å². The molecule has 2 aliphatic carbocycles. The van der Waals surface area contributed by atoms with Crippen LogP contribution in [0.2, 0.25) is 0 Å². The van der Waals surface area contributed by atoms with Crippen LogP contribution in [0.5, 0.6) is 0 Å². The second-order valence-corrected chi connectivity index (χ2v) is 16.7. The number of carboxylic acid groups (broad SMARTS) is 1. The van der Waals surface area contributed by atoms with Gasteiger partial charge in [0.1, 0.15) is 0 Å². The van der Waals surface area contributed by atoms with Gasteiger partial charge in [0.05, 0.1) is 5.56 Å². The number of rotatable bonds is 10. The highest BCUT2D eigenvalue weighted by molar-refractivity contribution is 5.98. The Labute approximate surface area is 351 Å². The van der Waals surface area contributed by atoms with Crippen molar-refractivity contribution < 1.29 is 24.3 Å². The summed E-state index contributed by atoms with van der Waals surface area (Å²) in [5, 5.41) is 8.94. The van der Waals surface area contributed by atoms with Gasteiger partial charge in [-0.15, -0.1) is 0 Å². The highest BCUT2D eigenvalue weighted by Gasteiger charge is 2.25. The predicted octanol–water partition coefficient (Wildman–Crippen LogP) is 11.1. The lowest BCUT2D eigenvalue weighted by Gasteiger charge is -2.20. The molecule has 8 heteroatoms. The first-order valence-corrected chi connectivity index (χ1v) is 22.2. The van der Waals surface area contributed by atoms with Gasteiger partial charge in [-0.25, -0.2) is 4.79 Å². The lowest BCUT2D eigenvalue weighted by Crippen LogP contribution is -2.27. The van der Waals surface area contributed by atoms with Gasteiger partial charge in [0.25, 0.3) is 0 Å². The number of Topliss-reactive ketones (excluding diaryl/α,β-unsaturated/α-hetero) is 1. The third kappa shape index (κ3) is 11.4. The summed E-state index contributed by atoms with van der Waals surface area (Å²) >= 11 is 0. The Balaban J connectivity index is 0.000000171. The maximum atomic E-state index is 12.6. The number of carboxylic acids is 1. The van der Waals surface area contributed by atoms with Crippen LogP contribution in [0.3, 0.4) is 0 Å². The summed E-state index contributed by atoms with van der Waals surface area (Å²) in [7, 11) is 0. The second-order valence-electron chi connectivity index (χ2n) is 16.7. The monoisotopic (exact) mass is 797 g/mol. The van der Waals surface area contributed by atoms with Gasteiger partial charge in [0.2, 0.25) is 11.8 Å². The molecule has 8 nitrogen and oxygen atoms in total. The molecule has 2 saturated carbocycles. The number of nitrogens with zero attached hydrogens (tertiary/aromatic N) is 2. The first kappa shape index (κ1) is 43.5. The van der Waals surface area contributed by atoms with Crippen LogP contribution in [0.15, 0.2) is 84.9 Å². The van der Waals surface area contributed by atoms with Crippen LogP contribution in [0, 0.1) is 11.8 Å². The number of carbonyl (C=O) groups is 4. The number of anilines is 2. The van der Waals surface area contributed by atoms with E-state index in [2.05, 4.69) is 36.4 Å². The Morgan fingerprint density at radius 3 is 1.41 bits per heavy atom. The molecule has 4 aromatic rings. The molecule has 8 rings (SSSR count). The third-order valence-electron chi connectivity index (χ3n) is 12.7. The first-order valence-electron chi connectivity index (χ1n) is 22.2. The van der Waals surface area contributed by atoms with E-state index in [-0.39, 0.29) is 23.2 Å². The lowest BCUT2D eigenvalue weighted by molar-refractivity contribution is -0.119. The van der Waals surface area contributed by atoms with Crippen LogP contribution < -0.4 is 15.5 Å². The molecule has 4 aliphatic rings. The minimum Gasteiger partial charge on any atom is -0.478 e. The fourth-order valence-corrected chi connectivity index (χ4v) is 9.09. The van der Waals surface area contributed by atoms with Gasteiger partial charge in [0, 0.05) is 49.3 Å². The van der Waals surface area contributed by atoms with E-state index in [1.54, 1.807) is 12.1 Å². The maximum Gasteiger partial charge on any atom is 0.335 e. The van der Waals surface area contributed by atoms with Crippen LogP contribution in [0.4, 0.5) is 11.4 Å². The SMILES string of the molecule is CCC(=O)N1CCc2cc(-c3ccc(C(=O)CCC4CCCCC4)cc3)ccc21.CCC(=O)N1CCc2cc(-c3ccc(C(=O)O)cc3)ccc21.NCC1CCCCC1. The summed E-state index contributed by atoms with van der Waals surface area (Å²) in [5.41, 5.74) is 15.4. The Hall–Kier alpha value is -5.08. The predicted molar refractivity (Wildman–Crippen MR) is 239 cm³/mol. The molecule has 2 fully saturated rings. The molecule has 0 atom stereocenters. The molecule has 0 spiro atoms. The van der Waals surface area contributed by atoms with Gasteiger partial charge in [-0.2, -0.15) is 0 Å². The first-order chi connectivity index (χ1) is 28.7. The summed E-state index contributed by atoms with van der Waals surface area (Å²) in [6, 6.07) is 27.3. The van der Waals surface area contributed by atoms with Gasteiger partial charge in [-0.1, -0.05) is 114 Å². The van der Waals surface area contributed by atoms with E-state index >= 15 is 0 Å². The molecule has 2 heterocycles. The number of hydrogen-bond donors (Lipinski definition) is 2. The molecular weight excluding hydrogens is 735 g/mol. The molecule has 0 bridgehead atoms. The lowest BCUT2D eigenvalue weighted by atomic mass is 9.85. The van der Waals surface area contributed by atoms with E-state index in [1.165, 1.54) is 75.3 Å². The van der Waals surface area contributed by atoms with Crippen LogP contribution in [-0.4, -0.2) is 48.3 Å². The molecule has 4 aromatic carbocycles. The molecular formula is C51H63N3O5. The standard InChI is InChI=1S/C26H31NO2.C18H17NO3.C7H15N/c1-2-26(29)27-17-16-23-18-22(13-14-24(23)27)20-9-11-21(12-10-20)25(28)15-8-19-6-4-3-5-7-19;1-2-17(20)19-10-9-15-11-14(7-8-16(15)19)12-3-5-13(6-4-12)18(21)22;8-6-7-4-2-1-3-5-7/h9-14,18-19H,2-8,15-17H2,1H3;3-8,11H,2,9-10H2,1H3,(H,21,22);7H,1-6,8H2. The van der Waals surface area contributed by atoms with E-state index in [4.69, 9.17) is 10.8 Å². The molecule has 0 unspecified atom stereocenters. The van der Waals surface area contributed by atoms with Crippen LogP contribution in [0.25, 0.3) is 22.3 Å². The summed E-state index contributed by atoms with van der Waals surface area (Å²) in [6.45, 7) is 6.22. The molecule has 0 saturated heterocycles. The summed E-state index contributed by atoms with van der Waals surface area (Å²) in [5.74, 6) is 1.30. The van der Waals surface area contributed by atoms with E-state index in [0.29, 0.717) is 19.3 Å². The number of amides is 2. The summed E-state index contributed by atoms with van der Waals surface area (Å²) in [6.07, 6.45) is 18.2. The van der Waals surface area contributed by atoms with E-state index < -0.39 is 5.97 Å². The van der Waals surface area contributed by atoms with Crippen LogP contribution in [-0.2, 0) is 22.4 Å². The number of fused-ring (bicyclic) bond motifs is 2. The second kappa shape index (κ2) is 21.3. The van der Waals surface area contributed by atoms with Crippen molar-refractivity contribution in [1.82, 2.24) is 0 Å². The number of benzene rings is 4. The highest BCUT2D eigenvalue weighted by Crippen LogP contribution is 2.35. The molecule has 2 aliphatic heterocycles. The van der Waals surface area contributed by atoms with Crippen molar-refractivity contribution in [3.63, 3.8) is 0 Å². The minimum absolute atomic E-state index is 0.150. The van der Waals surface area contributed by atoms with Gasteiger partial charge in [0.15, 0.2) is 5.78 Å². The zero-order chi connectivity index (χ0) is 41.7. The minimum atomic E-state index is -0.922. The normalized spacial score (nSPS) is 16.3. The van der Waals surface area contributed by atoms with E-state index in [1.807, 2.05) is 60.0 Å². The smallest absolute Gasteiger partial charge is 0.335 e. The largest absolute Gasteiger partial charge is 0.478 e. The average molecular weight is 798 g/mol. The van der Waals surface area contributed by atoms with Gasteiger partial charge < -0.3 is 20.6 Å². The molecule has 0 aromatic heterocycles. The van der Waals surface area contributed by atoms with Crippen molar-refractivity contribution >= 4 is 34.9 Å². The Morgan fingerprint density at radius 2 is 1.00 bits per heavy atom. The van der Waals surface area contributed by atoms with Crippen molar-refractivity contribution in [2.45, 2.75) is 117 Å². The highest BCUT2D eigenvalue weighted by atomic mass is 16.4. The molecule has 59 heavy (non-hydrogen) atoms. The van der Waals surface area contributed by atoms with Crippen molar-refractivity contribution in [2.75, 3.05) is 29.4 Å². The zero-order valence-electron chi connectivity index (χ0n) is 35.2. The van der Waals surface area contributed by atoms with Crippen molar-refractivity contribution in [2.24, 2.45) is 17.6 Å². The molecule has 2 amide bonds. The van der Waals surface area contributed by atoms with Crippen molar-refractivity contribution in [1.29, 1.82) is 0 Å². The molecule has 0 radical (unpaired) electrons. The molecule has 3 N–H and O–H groups in total. The van der Waals surface area contributed by atoms with Crippen molar-refractivity contribution in [3.05, 3.63) is 107 Å². The number of nitrogens with two attached hydrogens (primary N) is 1. The molecule has 312 valence electrons. The van der Waals surface area contributed by atoms with Crippen LogP contribution in [0.1, 0.15) is 136 Å². The number of carbonyl (C=O) groups excluding carboxylic acids is 3. The van der Waals surface area contributed by atoms with Gasteiger partial charge in [-0.05, 0) is 120 Å². The van der Waals surface area contributed by atoms with Gasteiger partial charge in [-0.3, -0.25) is 14.4 Å². The van der Waals surface area contributed by atoms with Crippen molar-refractivity contribution in [3.8, 4) is 22.3 Å². The zero-order valence-corrected chi connectivity index (χ0v) is 35.2. The van der Waals surface area contributed by atoms with E-state index in [0.717, 1.165) is 89.9 Å². The van der Waals surface area contributed by atoms with Gasteiger partial charge >= 0.3 is 5.97 Å². The fourth-order valence-electron chi connectivity index (χ4n) is 9.09. The Kier molecular flexibility index (Phi) is 15.7. The summed E-state index contributed by atoms with van der Waals surface area (Å²) in [4.78, 5) is 51.2. The average Bonchev–Trinajstić information content (AvgIpc) is 3.93. The Bertz CT molecular complexity index is 2040. The number of aromatic carboxylic acids is 1. The maximum absolute atomic E-state index is 12.6. The Morgan fingerprint density at radius 1 is 0.576 bits per heavy atom. The van der Waals surface area contributed by atoms with E-state index in [9.17, 15) is 19.2 Å². The summed E-state index contributed by atoms with van der Waals surface area (Å²) < 4.78 is 0.